The van der Waals surface area contributed by atoms with Gasteiger partial charge in [0.1, 0.15) is 5.82 Å². The summed E-state index contributed by atoms with van der Waals surface area (Å²) in [5.41, 5.74) is 6.04. The molecule has 0 fully saturated rings. The van der Waals surface area contributed by atoms with Crippen molar-refractivity contribution >= 4 is 22.5 Å². The lowest BCUT2D eigenvalue weighted by atomic mass is 10.1. The van der Waals surface area contributed by atoms with Gasteiger partial charge in [-0.05, 0) is 60.8 Å². The Morgan fingerprint density at radius 1 is 0.931 bits per heavy atom. The Bertz CT molecular complexity index is 1120. The molecule has 1 aromatic heterocycles. The van der Waals surface area contributed by atoms with Crippen molar-refractivity contribution in [3.8, 4) is 0 Å². The van der Waals surface area contributed by atoms with Crippen LogP contribution in [0.25, 0.3) is 10.9 Å². The van der Waals surface area contributed by atoms with E-state index in [0.29, 0.717) is 0 Å². The number of para-hydroxylation sites is 1. The van der Waals surface area contributed by atoms with Crippen molar-refractivity contribution in [2.75, 3.05) is 6.54 Å². The van der Waals surface area contributed by atoms with E-state index >= 15 is 0 Å². The Hall–Kier alpha value is -2.62. The van der Waals surface area contributed by atoms with Gasteiger partial charge in [0.15, 0.2) is 0 Å². The van der Waals surface area contributed by atoms with E-state index in [9.17, 15) is 4.39 Å². The second-order valence-corrected chi connectivity index (χ2v) is 7.72. The molecule has 4 rings (SSSR count). The maximum atomic E-state index is 13.0. The predicted molar refractivity (Wildman–Crippen MR) is 119 cm³/mol. The fourth-order valence-electron chi connectivity index (χ4n) is 3.82. The zero-order valence-corrected chi connectivity index (χ0v) is 17.2. The number of benzene rings is 3. The number of aromatic nitrogens is 1. The van der Waals surface area contributed by atoms with Crippen molar-refractivity contribution in [2.24, 2.45) is 0 Å². The lowest BCUT2D eigenvalue weighted by molar-refractivity contribution is 0.626. The molecule has 0 radical (unpaired) electrons. The Morgan fingerprint density at radius 2 is 1.66 bits per heavy atom. The summed E-state index contributed by atoms with van der Waals surface area (Å²) >= 11 is 6.41. The molecular weight excluding hydrogens is 383 g/mol. The van der Waals surface area contributed by atoms with Gasteiger partial charge >= 0.3 is 0 Å². The molecule has 0 unspecified atom stereocenters. The van der Waals surface area contributed by atoms with Gasteiger partial charge in [-0.1, -0.05) is 60.1 Å². The summed E-state index contributed by atoms with van der Waals surface area (Å²) in [6.07, 6.45) is 0.873. The van der Waals surface area contributed by atoms with Crippen LogP contribution in [0.2, 0.25) is 5.02 Å². The Morgan fingerprint density at radius 3 is 2.45 bits per heavy atom. The van der Waals surface area contributed by atoms with Crippen LogP contribution in [0.4, 0.5) is 4.39 Å². The maximum absolute atomic E-state index is 13.0. The summed E-state index contributed by atoms with van der Waals surface area (Å²) in [7, 11) is 0. The highest BCUT2D eigenvalue weighted by Gasteiger charge is 2.14. The molecule has 0 saturated carbocycles. The molecule has 29 heavy (non-hydrogen) atoms. The number of halogens is 2. The zero-order chi connectivity index (χ0) is 20.2. The first kappa shape index (κ1) is 19.7. The van der Waals surface area contributed by atoms with Crippen LogP contribution >= 0.6 is 11.6 Å². The van der Waals surface area contributed by atoms with Crippen LogP contribution in [0, 0.1) is 12.7 Å². The molecule has 0 bridgehead atoms. The number of nitrogens with zero attached hydrogens (tertiary/aromatic N) is 1. The van der Waals surface area contributed by atoms with E-state index in [1.165, 1.54) is 34.3 Å². The van der Waals surface area contributed by atoms with Gasteiger partial charge in [0, 0.05) is 34.7 Å². The molecule has 0 atom stereocenters. The minimum absolute atomic E-state index is 0.191. The van der Waals surface area contributed by atoms with E-state index < -0.39 is 0 Å². The van der Waals surface area contributed by atoms with Gasteiger partial charge in [0.2, 0.25) is 0 Å². The first-order chi connectivity index (χ1) is 14.1. The molecule has 0 saturated heterocycles. The molecular formula is C25H24ClFN2. The van der Waals surface area contributed by atoms with Gasteiger partial charge in [-0.15, -0.1) is 0 Å². The van der Waals surface area contributed by atoms with E-state index in [1.54, 1.807) is 0 Å². The lowest BCUT2D eigenvalue weighted by Gasteiger charge is -2.11. The van der Waals surface area contributed by atoms with Crippen LogP contribution in [0.1, 0.15) is 22.4 Å². The Labute approximate surface area is 175 Å². The fourth-order valence-corrected chi connectivity index (χ4v) is 4.02. The maximum Gasteiger partial charge on any atom is 0.123 e. The SMILES string of the molecule is Cc1c(CNCCc2ccc(F)cc2)c2ccccc2n1Cc1ccccc1Cl. The van der Waals surface area contributed by atoms with Gasteiger partial charge in [-0.25, -0.2) is 4.39 Å². The minimum atomic E-state index is -0.191. The molecule has 4 aromatic rings. The van der Waals surface area contributed by atoms with E-state index in [0.717, 1.165) is 42.2 Å². The summed E-state index contributed by atoms with van der Waals surface area (Å²) in [6, 6.07) is 23.2. The molecule has 4 heteroatoms. The van der Waals surface area contributed by atoms with Crippen molar-refractivity contribution < 1.29 is 4.39 Å². The van der Waals surface area contributed by atoms with Crippen LogP contribution in [0.5, 0.6) is 0 Å². The van der Waals surface area contributed by atoms with Gasteiger partial charge < -0.3 is 9.88 Å². The van der Waals surface area contributed by atoms with Crippen molar-refractivity contribution in [1.82, 2.24) is 9.88 Å². The summed E-state index contributed by atoms with van der Waals surface area (Å²) in [4.78, 5) is 0. The van der Waals surface area contributed by atoms with Crippen LogP contribution in [-0.2, 0) is 19.5 Å². The third kappa shape index (κ3) is 4.36. The standard InChI is InChI=1S/C25H24ClFN2/c1-18-23(16-28-15-14-19-10-12-21(27)13-11-19)22-7-3-5-9-25(22)29(18)17-20-6-2-4-8-24(20)26/h2-13,28H,14-17H2,1H3. The third-order valence-electron chi connectivity index (χ3n) is 5.45. The largest absolute Gasteiger partial charge is 0.340 e. The van der Waals surface area contributed by atoms with Crippen LogP contribution in [-0.4, -0.2) is 11.1 Å². The topological polar surface area (TPSA) is 17.0 Å². The highest BCUT2D eigenvalue weighted by Crippen LogP contribution is 2.28. The number of fused-ring (bicyclic) bond motifs is 1. The lowest BCUT2D eigenvalue weighted by Crippen LogP contribution is -2.17. The third-order valence-corrected chi connectivity index (χ3v) is 5.82. The molecule has 148 valence electrons. The summed E-state index contributed by atoms with van der Waals surface area (Å²) in [5.74, 6) is -0.191. The second-order valence-electron chi connectivity index (χ2n) is 7.31. The summed E-state index contributed by atoms with van der Waals surface area (Å²) in [5, 5.41) is 5.62. The van der Waals surface area contributed by atoms with E-state index in [4.69, 9.17) is 11.6 Å². The van der Waals surface area contributed by atoms with Crippen molar-refractivity contribution in [1.29, 1.82) is 0 Å². The molecule has 0 aliphatic heterocycles. The normalized spacial score (nSPS) is 11.3. The van der Waals surface area contributed by atoms with Gasteiger partial charge in [0.05, 0.1) is 0 Å². The number of hydrogen-bond acceptors (Lipinski definition) is 1. The van der Waals surface area contributed by atoms with Crippen molar-refractivity contribution in [2.45, 2.75) is 26.4 Å². The number of nitrogens with one attached hydrogen (secondary N) is 1. The predicted octanol–water partition coefficient (Wildman–Crippen LogP) is 6.12. The van der Waals surface area contributed by atoms with Gasteiger partial charge in [-0.3, -0.25) is 0 Å². The molecule has 0 aliphatic carbocycles. The fraction of sp³-hybridized carbons (Fsp3) is 0.200. The van der Waals surface area contributed by atoms with Crippen LogP contribution in [0.15, 0.2) is 72.8 Å². The summed E-state index contributed by atoms with van der Waals surface area (Å²) < 4.78 is 15.4. The van der Waals surface area contributed by atoms with E-state index in [1.807, 2.05) is 30.3 Å². The van der Waals surface area contributed by atoms with Gasteiger partial charge in [-0.2, -0.15) is 0 Å². The molecule has 1 heterocycles. The quantitative estimate of drug-likeness (QED) is 0.366. The molecule has 0 amide bonds. The van der Waals surface area contributed by atoms with Crippen LogP contribution < -0.4 is 5.32 Å². The smallest absolute Gasteiger partial charge is 0.123 e. The van der Waals surface area contributed by atoms with Crippen molar-refractivity contribution in [3.05, 3.63) is 106 Å². The highest BCUT2D eigenvalue weighted by atomic mass is 35.5. The monoisotopic (exact) mass is 406 g/mol. The molecule has 2 nitrogen and oxygen atoms in total. The zero-order valence-electron chi connectivity index (χ0n) is 16.5. The van der Waals surface area contributed by atoms with Crippen LogP contribution in [0.3, 0.4) is 0 Å². The summed E-state index contributed by atoms with van der Waals surface area (Å²) in [6.45, 7) is 4.56. The molecule has 0 aliphatic rings. The van der Waals surface area contributed by atoms with E-state index in [-0.39, 0.29) is 5.82 Å². The number of rotatable bonds is 7. The Balaban J connectivity index is 1.52. The molecule has 1 N–H and O–H groups in total. The highest BCUT2D eigenvalue weighted by molar-refractivity contribution is 6.31. The first-order valence-electron chi connectivity index (χ1n) is 9.89. The average Bonchev–Trinajstić information content (AvgIpc) is 3.00. The Kier molecular flexibility index (Phi) is 5.98. The van der Waals surface area contributed by atoms with Gasteiger partial charge in [0.25, 0.3) is 0 Å². The number of hydrogen-bond donors (Lipinski definition) is 1. The minimum Gasteiger partial charge on any atom is -0.340 e. The second kappa shape index (κ2) is 8.81. The van der Waals surface area contributed by atoms with E-state index in [2.05, 4.69) is 47.1 Å². The molecule has 3 aromatic carbocycles. The van der Waals surface area contributed by atoms with Crippen molar-refractivity contribution in [3.63, 3.8) is 0 Å². The first-order valence-corrected chi connectivity index (χ1v) is 10.3. The average molecular weight is 407 g/mol. The molecule has 0 spiro atoms.